The molecular formula is C5H9BrO. The summed E-state index contributed by atoms with van der Waals surface area (Å²) in [7, 11) is 0. The number of epoxide rings is 1. The zero-order valence-corrected chi connectivity index (χ0v) is 5.94. The monoisotopic (exact) mass is 164 g/mol. The average Bonchev–Trinajstić information content (AvgIpc) is 2.22. The minimum absolute atomic E-state index is 0.539. The Morgan fingerprint density at radius 3 is 2.43 bits per heavy atom. The predicted molar refractivity (Wildman–Crippen MR) is 32.7 cm³/mol. The molecule has 1 nitrogen and oxygen atoms in total. The van der Waals surface area contributed by atoms with Crippen LogP contribution in [0.3, 0.4) is 0 Å². The Bertz CT molecular complexity index is 65.1. The summed E-state index contributed by atoms with van der Waals surface area (Å²) in [6, 6.07) is 0. The molecule has 7 heavy (non-hydrogen) atoms. The smallest absolute Gasteiger partial charge is 0.0847 e. The van der Waals surface area contributed by atoms with E-state index in [-0.39, 0.29) is 0 Å². The summed E-state index contributed by atoms with van der Waals surface area (Å²) < 4.78 is 5.13. The van der Waals surface area contributed by atoms with Gasteiger partial charge in [-0.3, -0.25) is 0 Å². The molecule has 1 fully saturated rings. The molecule has 0 N–H and O–H groups in total. The van der Waals surface area contributed by atoms with Crippen molar-refractivity contribution < 1.29 is 4.74 Å². The fourth-order valence-corrected chi connectivity index (χ4v) is 1.09. The Balaban J connectivity index is 1.98. The van der Waals surface area contributed by atoms with E-state index >= 15 is 0 Å². The molecule has 0 saturated carbocycles. The van der Waals surface area contributed by atoms with Crippen LogP contribution in [0.15, 0.2) is 0 Å². The second-order valence-corrected chi connectivity index (χ2v) is 2.65. The molecule has 0 radical (unpaired) electrons. The lowest BCUT2D eigenvalue weighted by Crippen LogP contribution is -1.88. The van der Waals surface area contributed by atoms with Crippen LogP contribution in [0.25, 0.3) is 0 Å². The summed E-state index contributed by atoms with van der Waals surface area (Å²) in [5.74, 6) is 0. The highest BCUT2D eigenvalue weighted by atomic mass is 79.9. The van der Waals surface area contributed by atoms with Crippen LogP contribution >= 0.6 is 15.9 Å². The van der Waals surface area contributed by atoms with Crippen LogP contribution in [0.1, 0.15) is 13.3 Å². The molecule has 0 aromatic carbocycles. The van der Waals surface area contributed by atoms with E-state index in [1.807, 2.05) is 0 Å². The van der Waals surface area contributed by atoms with Crippen molar-refractivity contribution in [1.29, 1.82) is 0 Å². The van der Waals surface area contributed by atoms with Crippen LogP contribution in [-0.4, -0.2) is 17.5 Å². The largest absolute Gasteiger partial charge is 0.370 e. The normalized spacial score (nSPS) is 38.6. The molecule has 1 heterocycles. The lowest BCUT2D eigenvalue weighted by molar-refractivity contribution is 0.376. The van der Waals surface area contributed by atoms with Crippen LogP contribution in [0.5, 0.6) is 0 Å². The average molecular weight is 165 g/mol. The molecule has 1 aliphatic rings. The Hall–Kier alpha value is 0.440. The Morgan fingerprint density at radius 1 is 1.71 bits per heavy atom. The first-order valence-corrected chi connectivity index (χ1v) is 3.68. The minimum atomic E-state index is 0.539. The van der Waals surface area contributed by atoms with Crippen molar-refractivity contribution in [3.63, 3.8) is 0 Å². The number of hydrogen-bond donors (Lipinski definition) is 0. The third-order valence-electron chi connectivity index (χ3n) is 1.23. The highest BCUT2D eigenvalue weighted by Gasteiger charge is 2.32. The van der Waals surface area contributed by atoms with Gasteiger partial charge in [0, 0.05) is 5.33 Å². The molecule has 2 atom stereocenters. The van der Waals surface area contributed by atoms with Crippen molar-refractivity contribution in [2.45, 2.75) is 25.6 Å². The first-order valence-electron chi connectivity index (χ1n) is 2.56. The van der Waals surface area contributed by atoms with Crippen LogP contribution in [-0.2, 0) is 4.74 Å². The van der Waals surface area contributed by atoms with E-state index in [9.17, 15) is 0 Å². The molecule has 2 unspecified atom stereocenters. The van der Waals surface area contributed by atoms with Gasteiger partial charge in [-0.1, -0.05) is 15.9 Å². The third kappa shape index (κ3) is 1.42. The number of ether oxygens (including phenoxy) is 1. The van der Waals surface area contributed by atoms with E-state index in [1.165, 1.54) is 6.42 Å². The summed E-state index contributed by atoms with van der Waals surface area (Å²) in [6.07, 6.45) is 2.28. The highest BCUT2D eigenvalue weighted by Crippen LogP contribution is 2.24. The lowest BCUT2D eigenvalue weighted by Gasteiger charge is -1.80. The summed E-state index contributed by atoms with van der Waals surface area (Å²) in [6.45, 7) is 2.10. The summed E-state index contributed by atoms with van der Waals surface area (Å²) in [5, 5.41) is 1.07. The quantitative estimate of drug-likeness (QED) is 0.446. The summed E-state index contributed by atoms with van der Waals surface area (Å²) in [4.78, 5) is 0. The zero-order valence-electron chi connectivity index (χ0n) is 4.36. The van der Waals surface area contributed by atoms with Crippen molar-refractivity contribution in [3.8, 4) is 0 Å². The number of hydrogen-bond acceptors (Lipinski definition) is 1. The first-order chi connectivity index (χ1) is 3.34. The van der Waals surface area contributed by atoms with Gasteiger partial charge in [0.1, 0.15) is 0 Å². The molecule has 0 aromatic heterocycles. The van der Waals surface area contributed by atoms with E-state index in [4.69, 9.17) is 4.74 Å². The molecule has 42 valence electrons. The molecule has 0 spiro atoms. The molecule has 0 aliphatic carbocycles. The summed E-state index contributed by atoms with van der Waals surface area (Å²) in [5.41, 5.74) is 0. The van der Waals surface area contributed by atoms with Gasteiger partial charge < -0.3 is 4.74 Å². The standard InChI is InChI=1S/C5H9BrO/c1-4-5(7-4)2-3-6/h4-5H,2-3H2,1H3. The van der Waals surface area contributed by atoms with E-state index in [2.05, 4.69) is 22.9 Å². The first kappa shape index (κ1) is 5.57. The van der Waals surface area contributed by atoms with Crippen molar-refractivity contribution in [2.24, 2.45) is 0 Å². The van der Waals surface area contributed by atoms with Gasteiger partial charge >= 0.3 is 0 Å². The van der Waals surface area contributed by atoms with Gasteiger partial charge in [-0.2, -0.15) is 0 Å². The maximum atomic E-state index is 5.13. The van der Waals surface area contributed by atoms with Gasteiger partial charge in [-0.15, -0.1) is 0 Å². The van der Waals surface area contributed by atoms with Crippen molar-refractivity contribution in [1.82, 2.24) is 0 Å². The van der Waals surface area contributed by atoms with Crippen molar-refractivity contribution in [2.75, 3.05) is 5.33 Å². The fourth-order valence-electron chi connectivity index (χ4n) is 0.641. The Morgan fingerprint density at radius 2 is 2.29 bits per heavy atom. The molecular weight excluding hydrogens is 156 g/mol. The lowest BCUT2D eigenvalue weighted by atomic mass is 10.3. The second-order valence-electron chi connectivity index (χ2n) is 1.86. The zero-order chi connectivity index (χ0) is 5.28. The third-order valence-corrected chi connectivity index (χ3v) is 1.69. The van der Waals surface area contributed by atoms with Crippen molar-refractivity contribution >= 4 is 15.9 Å². The highest BCUT2D eigenvalue weighted by molar-refractivity contribution is 9.09. The number of alkyl halides is 1. The van der Waals surface area contributed by atoms with Gasteiger partial charge in [-0.05, 0) is 13.3 Å². The maximum Gasteiger partial charge on any atom is 0.0847 e. The molecule has 0 amide bonds. The van der Waals surface area contributed by atoms with Crippen LogP contribution in [0.4, 0.5) is 0 Å². The van der Waals surface area contributed by atoms with Gasteiger partial charge in [0.2, 0.25) is 0 Å². The van der Waals surface area contributed by atoms with Gasteiger partial charge in [0.15, 0.2) is 0 Å². The molecule has 2 heteroatoms. The van der Waals surface area contributed by atoms with Crippen LogP contribution < -0.4 is 0 Å². The minimum Gasteiger partial charge on any atom is -0.370 e. The summed E-state index contributed by atoms with van der Waals surface area (Å²) >= 11 is 3.34. The fraction of sp³-hybridized carbons (Fsp3) is 1.00. The van der Waals surface area contributed by atoms with E-state index in [0.29, 0.717) is 12.2 Å². The molecule has 1 rings (SSSR count). The molecule has 1 saturated heterocycles. The van der Waals surface area contributed by atoms with Gasteiger partial charge in [0.05, 0.1) is 12.2 Å². The topological polar surface area (TPSA) is 12.5 Å². The van der Waals surface area contributed by atoms with Crippen molar-refractivity contribution in [3.05, 3.63) is 0 Å². The Kier molecular flexibility index (Phi) is 1.70. The van der Waals surface area contributed by atoms with E-state index < -0.39 is 0 Å². The van der Waals surface area contributed by atoms with E-state index in [0.717, 1.165) is 5.33 Å². The number of rotatable bonds is 2. The Labute approximate surface area is 52.2 Å². The second kappa shape index (κ2) is 2.14. The predicted octanol–water partition coefficient (Wildman–Crippen LogP) is 1.56. The molecule has 0 bridgehead atoms. The SMILES string of the molecule is CC1OC1CCBr. The number of halogens is 1. The van der Waals surface area contributed by atoms with Crippen LogP contribution in [0.2, 0.25) is 0 Å². The molecule has 1 aliphatic heterocycles. The van der Waals surface area contributed by atoms with Gasteiger partial charge in [0.25, 0.3) is 0 Å². The van der Waals surface area contributed by atoms with Gasteiger partial charge in [-0.25, -0.2) is 0 Å². The van der Waals surface area contributed by atoms with E-state index in [1.54, 1.807) is 0 Å². The maximum absolute atomic E-state index is 5.13. The van der Waals surface area contributed by atoms with Crippen LogP contribution in [0, 0.1) is 0 Å². The molecule has 0 aromatic rings.